The van der Waals surface area contributed by atoms with Crippen LogP contribution in [0.25, 0.3) is 11.3 Å². The monoisotopic (exact) mass is 444 g/mol. The summed E-state index contributed by atoms with van der Waals surface area (Å²) in [6.07, 6.45) is -4.47. The van der Waals surface area contributed by atoms with Crippen LogP contribution in [0.15, 0.2) is 65.1 Å². The van der Waals surface area contributed by atoms with Crippen LogP contribution in [0.3, 0.4) is 0 Å². The van der Waals surface area contributed by atoms with E-state index in [1.807, 2.05) is 0 Å². The lowest BCUT2D eigenvalue weighted by Gasteiger charge is -2.26. The Kier molecular flexibility index (Phi) is 6.00. The molecule has 2 amide bonds. The van der Waals surface area contributed by atoms with Gasteiger partial charge in [0.05, 0.1) is 18.8 Å². The molecule has 1 N–H and O–H groups in total. The molecule has 4 rings (SSSR count). The van der Waals surface area contributed by atoms with E-state index in [-0.39, 0.29) is 23.0 Å². The number of alkyl halides is 3. The zero-order valence-electron chi connectivity index (χ0n) is 16.8. The fourth-order valence-corrected chi connectivity index (χ4v) is 3.30. The summed E-state index contributed by atoms with van der Waals surface area (Å²) in [7, 11) is 0. The molecular formula is C23H19F3N2O4. The highest BCUT2D eigenvalue weighted by Gasteiger charge is 2.30. The summed E-state index contributed by atoms with van der Waals surface area (Å²) in [4.78, 5) is 26.7. The molecule has 9 heteroatoms. The van der Waals surface area contributed by atoms with Gasteiger partial charge in [0.1, 0.15) is 5.76 Å². The molecule has 3 aromatic rings. The van der Waals surface area contributed by atoms with Crippen molar-refractivity contribution >= 4 is 17.5 Å². The van der Waals surface area contributed by atoms with E-state index in [2.05, 4.69) is 5.32 Å². The van der Waals surface area contributed by atoms with Crippen molar-refractivity contribution in [2.45, 2.75) is 6.18 Å². The largest absolute Gasteiger partial charge is 0.451 e. The first-order chi connectivity index (χ1) is 15.3. The standard InChI is InChI=1S/C23H19F3N2O4/c24-23(25,26)17-3-1-2-16(14-17)19-8-9-20(32-19)21(29)27-18-6-4-15(5-7-18)22(30)28-10-12-31-13-11-28/h1-9,14H,10-13H2,(H,27,29). The molecule has 1 saturated heterocycles. The summed E-state index contributed by atoms with van der Waals surface area (Å²) in [5, 5.41) is 2.65. The zero-order valence-corrected chi connectivity index (χ0v) is 16.8. The molecule has 6 nitrogen and oxygen atoms in total. The number of amides is 2. The molecule has 0 bridgehead atoms. The normalized spacial score (nSPS) is 14.3. The van der Waals surface area contributed by atoms with Crippen LogP contribution < -0.4 is 5.32 Å². The number of halogens is 3. The first-order valence-electron chi connectivity index (χ1n) is 9.87. The Morgan fingerprint density at radius 1 is 0.938 bits per heavy atom. The number of hydrogen-bond acceptors (Lipinski definition) is 4. The number of hydrogen-bond donors (Lipinski definition) is 1. The van der Waals surface area contributed by atoms with Crippen molar-refractivity contribution in [1.82, 2.24) is 4.90 Å². The van der Waals surface area contributed by atoms with Crippen molar-refractivity contribution in [3.05, 3.63) is 77.6 Å². The number of nitrogens with one attached hydrogen (secondary N) is 1. The van der Waals surface area contributed by atoms with Crippen molar-refractivity contribution in [3.8, 4) is 11.3 Å². The molecule has 1 fully saturated rings. The van der Waals surface area contributed by atoms with Crippen molar-refractivity contribution in [2.24, 2.45) is 0 Å². The molecule has 0 unspecified atom stereocenters. The zero-order chi connectivity index (χ0) is 22.7. The molecule has 2 heterocycles. The van der Waals surface area contributed by atoms with Crippen LogP contribution in [0.2, 0.25) is 0 Å². The number of benzene rings is 2. The van der Waals surface area contributed by atoms with Gasteiger partial charge in [-0.15, -0.1) is 0 Å². The summed E-state index contributed by atoms with van der Waals surface area (Å²) in [5.74, 6) is -0.572. The molecule has 1 aliphatic rings. The van der Waals surface area contributed by atoms with Crippen molar-refractivity contribution in [3.63, 3.8) is 0 Å². The van der Waals surface area contributed by atoms with E-state index in [1.54, 1.807) is 29.2 Å². The summed E-state index contributed by atoms with van der Waals surface area (Å²) >= 11 is 0. The van der Waals surface area contributed by atoms with Gasteiger partial charge in [-0.1, -0.05) is 12.1 Å². The highest BCUT2D eigenvalue weighted by Crippen LogP contribution is 2.32. The lowest BCUT2D eigenvalue weighted by molar-refractivity contribution is -0.137. The van der Waals surface area contributed by atoms with Crippen LogP contribution >= 0.6 is 0 Å². The molecular weight excluding hydrogens is 425 g/mol. The highest BCUT2D eigenvalue weighted by molar-refractivity contribution is 6.03. The third kappa shape index (κ3) is 4.83. The Bertz CT molecular complexity index is 1120. The Hall–Kier alpha value is -3.59. The fraction of sp³-hybridized carbons (Fsp3) is 0.217. The van der Waals surface area contributed by atoms with Crippen molar-refractivity contribution in [2.75, 3.05) is 31.6 Å². The molecule has 1 aromatic heterocycles. The average molecular weight is 444 g/mol. The van der Waals surface area contributed by atoms with E-state index in [0.29, 0.717) is 37.6 Å². The molecule has 2 aromatic carbocycles. The van der Waals surface area contributed by atoms with Gasteiger partial charge in [0.25, 0.3) is 11.8 Å². The van der Waals surface area contributed by atoms with Gasteiger partial charge in [-0.05, 0) is 48.5 Å². The maximum absolute atomic E-state index is 12.9. The first-order valence-corrected chi connectivity index (χ1v) is 9.87. The van der Waals surface area contributed by atoms with Gasteiger partial charge in [-0.2, -0.15) is 13.2 Å². The first kappa shape index (κ1) is 21.6. The topological polar surface area (TPSA) is 71.8 Å². The second-order valence-electron chi connectivity index (χ2n) is 7.18. The molecule has 0 saturated carbocycles. The second kappa shape index (κ2) is 8.88. The van der Waals surface area contributed by atoms with E-state index in [1.165, 1.54) is 24.3 Å². The third-order valence-corrected chi connectivity index (χ3v) is 4.99. The van der Waals surface area contributed by atoms with Gasteiger partial charge in [0, 0.05) is 29.9 Å². The van der Waals surface area contributed by atoms with Gasteiger partial charge in [-0.25, -0.2) is 0 Å². The van der Waals surface area contributed by atoms with E-state index >= 15 is 0 Å². The van der Waals surface area contributed by atoms with Crippen LogP contribution in [0.4, 0.5) is 18.9 Å². The van der Waals surface area contributed by atoms with Crippen LogP contribution in [0.5, 0.6) is 0 Å². The Morgan fingerprint density at radius 3 is 2.34 bits per heavy atom. The highest BCUT2D eigenvalue weighted by atomic mass is 19.4. The number of anilines is 1. The van der Waals surface area contributed by atoms with Gasteiger partial charge < -0.3 is 19.4 Å². The summed E-state index contributed by atoms with van der Waals surface area (Å²) < 4.78 is 49.5. The van der Waals surface area contributed by atoms with Crippen LogP contribution in [-0.2, 0) is 10.9 Å². The molecule has 166 valence electrons. The number of ether oxygens (including phenoxy) is 1. The number of furan rings is 1. The Balaban J connectivity index is 1.43. The minimum absolute atomic E-state index is 0.0501. The van der Waals surface area contributed by atoms with Crippen LogP contribution in [-0.4, -0.2) is 43.0 Å². The molecule has 0 aliphatic carbocycles. The van der Waals surface area contributed by atoms with E-state index < -0.39 is 17.6 Å². The van der Waals surface area contributed by atoms with Gasteiger partial charge in [0.2, 0.25) is 0 Å². The van der Waals surface area contributed by atoms with Crippen LogP contribution in [0, 0.1) is 0 Å². The summed E-state index contributed by atoms with van der Waals surface area (Å²) in [5.41, 5.74) is 0.356. The average Bonchev–Trinajstić information content (AvgIpc) is 3.30. The molecule has 0 atom stereocenters. The molecule has 32 heavy (non-hydrogen) atoms. The summed E-state index contributed by atoms with van der Waals surface area (Å²) in [6.45, 7) is 2.07. The smallest absolute Gasteiger partial charge is 0.416 e. The Morgan fingerprint density at radius 2 is 1.66 bits per heavy atom. The quantitative estimate of drug-likeness (QED) is 0.634. The van der Waals surface area contributed by atoms with E-state index in [9.17, 15) is 22.8 Å². The van der Waals surface area contributed by atoms with Gasteiger partial charge >= 0.3 is 6.18 Å². The Labute approximate surface area is 181 Å². The van der Waals surface area contributed by atoms with Gasteiger partial charge in [-0.3, -0.25) is 9.59 Å². The molecule has 0 spiro atoms. The fourth-order valence-electron chi connectivity index (χ4n) is 3.30. The van der Waals surface area contributed by atoms with Crippen molar-refractivity contribution in [1.29, 1.82) is 0 Å². The summed E-state index contributed by atoms with van der Waals surface area (Å²) in [6, 6.07) is 13.9. The van der Waals surface area contributed by atoms with E-state index in [0.717, 1.165) is 12.1 Å². The van der Waals surface area contributed by atoms with E-state index in [4.69, 9.17) is 9.15 Å². The maximum atomic E-state index is 12.9. The number of nitrogens with zero attached hydrogens (tertiary/aromatic N) is 1. The number of morpholine rings is 1. The van der Waals surface area contributed by atoms with Gasteiger partial charge in [0.15, 0.2) is 5.76 Å². The minimum Gasteiger partial charge on any atom is -0.451 e. The lowest BCUT2D eigenvalue weighted by atomic mass is 10.1. The predicted octanol–water partition coefficient (Wildman–Crippen LogP) is 4.69. The van der Waals surface area contributed by atoms with Crippen molar-refractivity contribution < 1.29 is 31.9 Å². The van der Waals surface area contributed by atoms with Crippen LogP contribution in [0.1, 0.15) is 26.5 Å². The SMILES string of the molecule is O=C(Nc1ccc(C(=O)N2CCOCC2)cc1)c1ccc(-c2cccc(C(F)(F)F)c2)o1. The number of carbonyl (C=O) groups excluding carboxylic acids is 2. The third-order valence-electron chi connectivity index (χ3n) is 4.99. The lowest BCUT2D eigenvalue weighted by Crippen LogP contribution is -2.40. The second-order valence-corrected chi connectivity index (χ2v) is 7.18. The number of carbonyl (C=O) groups is 2. The minimum atomic E-state index is -4.47. The molecule has 1 aliphatic heterocycles. The molecule has 0 radical (unpaired) electrons. The number of rotatable bonds is 4. The maximum Gasteiger partial charge on any atom is 0.416 e. The predicted molar refractivity (Wildman–Crippen MR) is 110 cm³/mol.